The molecule has 0 saturated heterocycles. The summed E-state index contributed by atoms with van der Waals surface area (Å²) >= 11 is 0. The highest BCUT2D eigenvalue weighted by atomic mass is 16.5. The van der Waals surface area contributed by atoms with Gasteiger partial charge in [0.25, 0.3) is 0 Å². The largest absolute Gasteiger partial charge is 0.467 e. The van der Waals surface area contributed by atoms with Gasteiger partial charge in [0.2, 0.25) is 5.91 Å². The van der Waals surface area contributed by atoms with Gasteiger partial charge in [-0.25, -0.2) is 4.79 Å². The lowest BCUT2D eigenvalue weighted by Crippen LogP contribution is -2.54. The van der Waals surface area contributed by atoms with Crippen LogP contribution in [0.15, 0.2) is 0 Å². The van der Waals surface area contributed by atoms with Crippen molar-refractivity contribution in [2.45, 2.75) is 64.5 Å². The number of carbonyl (C=O) groups is 2. The van der Waals surface area contributed by atoms with Gasteiger partial charge in [0.05, 0.1) is 13.7 Å². The topological polar surface area (TPSA) is 72.6 Å². The van der Waals surface area contributed by atoms with Gasteiger partial charge in [0.1, 0.15) is 6.04 Å². The first-order chi connectivity index (χ1) is 9.51. The standard InChI is InChI=1S/C15H28N2O3/c1-11(2)9-13(15(19)20-3)17(14(18)10-16)12-7-5-4-6-8-12/h11-13H,4-10,16H2,1-3H3/t13-/m0/s1. The molecule has 5 nitrogen and oxygen atoms in total. The number of hydrogen-bond acceptors (Lipinski definition) is 4. The maximum absolute atomic E-state index is 12.2. The van der Waals surface area contributed by atoms with Crippen LogP contribution in [0.5, 0.6) is 0 Å². The molecule has 0 unspecified atom stereocenters. The summed E-state index contributed by atoms with van der Waals surface area (Å²) in [5, 5.41) is 0. The number of rotatable bonds is 6. The van der Waals surface area contributed by atoms with Crippen LogP contribution < -0.4 is 5.73 Å². The maximum Gasteiger partial charge on any atom is 0.328 e. The second kappa shape index (κ2) is 8.25. The van der Waals surface area contributed by atoms with Crippen LogP contribution in [0.25, 0.3) is 0 Å². The van der Waals surface area contributed by atoms with E-state index >= 15 is 0 Å². The average Bonchev–Trinajstić information content (AvgIpc) is 2.46. The normalized spacial score (nSPS) is 17.9. The molecule has 1 saturated carbocycles. The van der Waals surface area contributed by atoms with Crippen molar-refractivity contribution in [1.82, 2.24) is 4.90 Å². The monoisotopic (exact) mass is 284 g/mol. The summed E-state index contributed by atoms with van der Waals surface area (Å²) in [5.74, 6) is -0.158. The molecule has 1 aliphatic rings. The van der Waals surface area contributed by atoms with Crippen LogP contribution in [0.1, 0.15) is 52.4 Å². The molecule has 2 N–H and O–H groups in total. The molecule has 1 aliphatic carbocycles. The zero-order chi connectivity index (χ0) is 15.1. The molecule has 0 aromatic rings. The first-order valence-electron chi connectivity index (χ1n) is 7.60. The third kappa shape index (κ3) is 4.47. The number of nitrogens with two attached hydrogens (primary N) is 1. The highest BCUT2D eigenvalue weighted by Gasteiger charge is 2.36. The lowest BCUT2D eigenvalue weighted by Gasteiger charge is -2.39. The summed E-state index contributed by atoms with van der Waals surface area (Å²) in [6, 6.07) is -0.373. The Morgan fingerprint density at radius 2 is 1.85 bits per heavy atom. The van der Waals surface area contributed by atoms with Crippen LogP contribution in [0, 0.1) is 5.92 Å². The van der Waals surface area contributed by atoms with Gasteiger partial charge in [-0.05, 0) is 25.2 Å². The summed E-state index contributed by atoms with van der Waals surface area (Å²) in [7, 11) is 1.38. The fourth-order valence-corrected chi connectivity index (χ4v) is 3.00. The zero-order valence-electron chi connectivity index (χ0n) is 12.9. The molecule has 0 spiro atoms. The van der Waals surface area contributed by atoms with Gasteiger partial charge in [-0.2, -0.15) is 0 Å². The van der Waals surface area contributed by atoms with Crippen molar-refractivity contribution in [2.24, 2.45) is 11.7 Å². The Hall–Kier alpha value is -1.10. The molecule has 5 heteroatoms. The van der Waals surface area contributed by atoms with E-state index in [1.54, 1.807) is 4.90 Å². The highest BCUT2D eigenvalue weighted by molar-refractivity contribution is 5.85. The summed E-state index contributed by atoms with van der Waals surface area (Å²) in [5.41, 5.74) is 5.55. The lowest BCUT2D eigenvalue weighted by atomic mass is 9.91. The van der Waals surface area contributed by atoms with Crippen molar-refractivity contribution in [1.29, 1.82) is 0 Å². The number of carbonyl (C=O) groups excluding carboxylic acids is 2. The van der Waals surface area contributed by atoms with Crippen LogP contribution in [-0.2, 0) is 14.3 Å². The minimum atomic E-state index is -0.501. The van der Waals surface area contributed by atoms with E-state index in [1.165, 1.54) is 13.5 Å². The smallest absolute Gasteiger partial charge is 0.328 e. The van der Waals surface area contributed by atoms with Gasteiger partial charge in [-0.15, -0.1) is 0 Å². The van der Waals surface area contributed by atoms with Crippen LogP contribution in [0.3, 0.4) is 0 Å². The molecule has 0 aromatic carbocycles. The molecule has 1 rings (SSSR count). The molecule has 1 amide bonds. The van der Waals surface area contributed by atoms with E-state index in [9.17, 15) is 9.59 Å². The van der Waals surface area contributed by atoms with E-state index in [-0.39, 0.29) is 24.5 Å². The Balaban J connectivity index is 2.96. The number of methoxy groups -OCH3 is 1. The Labute approximate surface area is 121 Å². The van der Waals surface area contributed by atoms with E-state index in [1.807, 2.05) is 13.8 Å². The Kier molecular flexibility index (Phi) is 6.99. The molecule has 1 fully saturated rings. The van der Waals surface area contributed by atoms with Gasteiger partial charge in [0, 0.05) is 6.04 Å². The molecule has 0 aromatic heterocycles. The predicted molar refractivity (Wildman–Crippen MR) is 78.0 cm³/mol. The van der Waals surface area contributed by atoms with Crippen LogP contribution in [-0.4, -0.2) is 42.5 Å². The number of hydrogen-bond donors (Lipinski definition) is 1. The summed E-state index contributed by atoms with van der Waals surface area (Å²) in [6.45, 7) is 4.03. The third-order valence-corrected chi connectivity index (χ3v) is 3.93. The van der Waals surface area contributed by atoms with E-state index in [0.717, 1.165) is 25.7 Å². The molecular formula is C15H28N2O3. The second-order valence-corrected chi connectivity index (χ2v) is 5.97. The number of amides is 1. The minimum Gasteiger partial charge on any atom is -0.467 e. The molecule has 0 aliphatic heterocycles. The summed E-state index contributed by atoms with van der Waals surface area (Å²) < 4.78 is 4.91. The molecule has 20 heavy (non-hydrogen) atoms. The number of ether oxygens (including phenoxy) is 1. The van der Waals surface area contributed by atoms with E-state index in [4.69, 9.17) is 10.5 Å². The van der Waals surface area contributed by atoms with E-state index in [0.29, 0.717) is 12.3 Å². The third-order valence-electron chi connectivity index (χ3n) is 3.93. The fourth-order valence-electron chi connectivity index (χ4n) is 3.00. The van der Waals surface area contributed by atoms with Crippen molar-refractivity contribution in [3.05, 3.63) is 0 Å². The first-order valence-corrected chi connectivity index (χ1v) is 7.60. The number of nitrogens with zero attached hydrogens (tertiary/aromatic N) is 1. The fraction of sp³-hybridized carbons (Fsp3) is 0.867. The van der Waals surface area contributed by atoms with Crippen LogP contribution >= 0.6 is 0 Å². The number of esters is 1. The summed E-state index contributed by atoms with van der Waals surface area (Å²) in [4.78, 5) is 26.1. The van der Waals surface area contributed by atoms with Crippen molar-refractivity contribution in [2.75, 3.05) is 13.7 Å². The first kappa shape index (κ1) is 17.0. The Morgan fingerprint density at radius 1 is 1.25 bits per heavy atom. The molecule has 0 bridgehead atoms. The minimum absolute atomic E-state index is 0.0535. The Morgan fingerprint density at radius 3 is 2.30 bits per heavy atom. The molecule has 0 radical (unpaired) electrons. The Bertz CT molecular complexity index is 325. The van der Waals surface area contributed by atoms with E-state index in [2.05, 4.69) is 0 Å². The van der Waals surface area contributed by atoms with Gasteiger partial charge in [-0.3, -0.25) is 4.79 Å². The SMILES string of the molecule is COC(=O)[C@H](CC(C)C)N(C(=O)CN)C1CCCCC1. The van der Waals surface area contributed by atoms with Gasteiger partial charge in [-0.1, -0.05) is 33.1 Å². The zero-order valence-corrected chi connectivity index (χ0v) is 12.9. The van der Waals surface area contributed by atoms with Crippen molar-refractivity contribution >= 4 is 11.9 Å². The van der Waals surface area contributed by atoms with Gasteiger partial charge >= 0.3 is 5.97 Å². The lowest BCUT2D eigenvalue weighted by molar-refractivity contribution is -0.155. The maximum atomic E-state index is 12.2. The van der Waals surface area contributed by atoms with Crippen molar-refractivity contribution < 1.29 is 14.3 Å². The van der Waals surface area contributed by atoms with Crippen molar-refractivity contribution in [3.63, 3.8) is 0 Å². The predicted octanol–water partition coefficient (Wildman–Crippen LogP) is 1.69. The quantitative estimate of drug-likeness (QED) is 0.753. The molecule has 1 atom stereocenters. The van der Waals surface area contributed by atoms with Gasteiger partial charge in [0.15, 0.2) is 0 Å². The highest BCUT2D eigenvalue weighted by Crippen LogP contribution is 2.26. The summed E-state index contributed by atoms with van der Waals surface area (Å²) in [6.07, 6.45) is 5.95. The molecular weight excluding hydrogens is 256 g/mol. The van der Waals surface area contributed by atoms with Crippen LogP contribution in [0.4, 0.5) is 0 Å². The molecule has 0 heterocycles. The van der Waals surface area contributed by atoms with Crippen molar-refractivity contribution in [3.8, 4) is 0 Å². The van der Waals surface area contributed by atoms with Gasteiger partial charge < -0.3 is 15.4 Å². The van der Waals surface area contributed by atoms with E-state index < -0.39 is 6.04 Å². The molecule has 116 valence electrons. The average molecular weight is 284 g/mol. The van der Waals surface area contributed by atoms with Crippen LogP contribution in [0.2, 0.25) is 0 Å². The second-order valence-electron chi connectivity index (χ2n) is 5.97.